The summed E-state index contributed by atoms with van der Waals surface area (Å²) in [4.78, 5) is 11.2. The first-order valence-electron chi connectivity index (χ1n) is 8.11. The number of anilines is 1. The second-order valence-corrected chi connectivity index (χ2v) is 7.64. The number of hydrogen-bond donors (Lipinski definition) is 1. The Morgan fingerprint density at radius 1 is 1.36 bits per heavy atom. The molecule has 0 aromatic carbocycles. The van der Waals surface area contributed by atoms with Gasteiger partial charge in [0.2, 0.25) is 5.95 Å². The minimum Gasteiger partial charge on any atom is -0.489 e. The number of pyridine rings is 1. The Balaban J connectivity index is 2.04. The van der Waals surface area contributed by atoms with Gasteiger partial charge in [-0.15, -0.1) is 5.10 Å². The van der Waals surface area contributed by atoms with Crippen molar-refractivity contribution in [3.05, 3.63) is 29.4 Å². The third-order valence-electron chi connectivity index (χ3n) is 3.22. The lowest BCUT2D eigenvalue weighted by Gasteiger charge is -2.15. The average Bonchev–Trinajstić information content (AvgIpc) is 3.03. The van der Waals surface area contributed by atoms with Gasteiger partial charge >= 0.3 is 6.01 Å². The van der Waals surface area contributed by atoms with Gasteiger partial charge in [-0.25, -0.2) is 4.98 Å². The zero-order valence-electron chi connectivity index (χ0n) is 15.0. The second kappa shape index (κ2) is 7.72. The fraction of sp³-hybridized carbons (Fsp3) is 0.333. The van der Waals surface area contributed by atoms with E-state index in [-0.39, 0.29) is 41.0 Å². The summed E-state index contributed by atoms with van der Waals surface area (Å²) < 4.78 is 53.1. The molecule has 0 saturated carbocycles. The first kappa shape index (κ1) is 20.0. The molecular weight excluding hydrogens is 415 g/mol. The fourth-order valence-electron chi connectivity index (χ4n) is 2.20. The molecule has 3 rings (SSSR count). The van der Waals surface area contributed by atoms with Crippen LogP contribution in [0.2, 0.25) is 5.15 Å². The van der Waals surface area contributed by atoms with E-state index >= 15 is 0 Å². The zero-order valence-corrected chi connectivity index (χ0v) is 16.6. The van der Waals surface area contributed by atoms with Gasteiger partial charge in [-0.2, -0.15) is 27.3 Å². The van der Waals surface area contributed by atoms with Crippen LogP contribution in [0, 0.1) is 5.95 Å². The van der Waals surface area contributed by atoms with Crippen molar-refractivity contribution in [1.82, 2.24) is 24.6 Å². The Morgan fingerprint density at radius 2 is 2.11 bits per heavy atom. The van der Waals surface area contributed by atoms with Crippen LogP contribution in [0.3, 0.4) is 0 Å². The van der Waals surface area contributed by atoms with Crippen molar-refractivity contribution in [2.75, 3.05) is 11.3 Å². The maximum Gasteiger partial charge on any atom is 0.322 e. The van der Waals surface area contributed by atoms with Crippen LogP contribution in [0.25, 0.3) is 5.65 Å². The molecule has 1 N–H and O–H groups in total. The monoisotopic (exact) mass is 430 g/mol. The molecule has 0 radical (unpaired) electrons. The van der Waals surface area contributed by atoms with Crippen LogP contribution in [0.15, 0.2) is 23.5 Å². The van der Waals surface area contributed by atoms with Crippen LogP contribution in [-0.4, -0.2) is 45.7 Å². The highest BCUT2D eigenvalue weighted by atomic mass is 35.5. The molecule has 0 aliphatic carbocycles. The number of ether oxygens (including phenoxy) is 2. The molecule has 0 amide bonds. The van der Waals surface area contributed by atoms with Gasteiger partial charge in [0.05, 0.1) is 12.7 Å². The Labute approximate surface area is 164 Å². The van der Waals surface area contributed by atoms with E-state index < -0.39 is 21.1 Å². The number of sulfonamides is 1. The van der Waals surface area contributed by atoms with E-state index in [9.17, 15) is 12.8 Å². The molecule has 150 valence electrons. The predicted molar refractivity (Wildman–Crippen MR) is 97.7 cm³/mol. The van der Waals surface area contributed by atoms with E-state index in [4.69, 9.17) is 21.1 Å². The molecule has 0 aliphatic rings. The number of halogens is 2. The summed E-state index contributed by atoms with van der Waals surface area (Å²) in [6, 6.07) is 2.17. The van der Waals surface area contributed by atoms with Crippen molar-refractivity contribution in [1.29, 1.82) is 0 Å². The summed E-state index contributed by atoms with van der Waals surface area (Å²) in [6.07, 6.45) is 1.14. The normalized spacial score (nSPS) is 11.8. The summed E-state index contributed by atoms with van der Waals surface area (Å²) in [6.45, 7) is 5.38. The smallest absolute Gasteiger partial charge is 0.322 e. The third kappa shape index (κ3) is 4.07. The molecule has 0 fully saturated rings. The van der Waals surface area contributed by atoms with E-state index in [0.29, 0.717) is 0 Å². The van der Waals surface area contributed by atoms with Crippen molar-refractivity contribution in [3.63, 3.8) is 0 Å². The quantitative estimate of drug-likeness (QED) is 0.447. The van der Waals surface area contributed by atoms with E-state index in [1.54, 1.807) is 20.8 Å². The van der Waals surface area contributed by atoms with Crippen LogP contribution in [0.1, 0.15) is 20.8 Å². The molecule has 0 atom stereocenters. The Kier molecular flexibility index (Phi) is 5.52. The number of fused-ring (bicyclic) bond motifs is 1. The lowest BCUT2D eigenvalue weighted by Crippen LogP contribution is -2.17. The number of nitrogens with zero attached hydrogens (tertiary/aromatic N) is 5. The maximum atomic E-state index is 13.6. The van der Waals surface area contributed by atoms with Gasteiger partial charge in [-0.3, -0.25) is 4.72 Å². The lowest BCUT2D eigenvalue weighted by molar-refractivity contribution is 0.243. The number of nitrogens with one attached hydrogen (secondary N) is 1. The van der Waals surface area contributed by atoms with Gasteiger partial charge < -0.3 is 9.47 Å². The van der Waals surface area contributed by atoms with Crippen molar-refractivity contribution >= 4 is 33.0 Å². The summed E-state index contributed by atoms with van der Waals surface area (Å²) in [5, 5.41) is 3.11. The molecule has 3 aromatic rings. The maximum absolute atomic E-state index is 13.6. The molecule has 10 nitrogen and oxygen atoms in total. The minimum atomic E-state index is -4.30. The molecule has 0 spiro atoms. The summed E-state index contributed by atoms with van der Waals surface area (Å²) in [5.41, 5.74) is -0.154. The molecule has 13 heteroatoms. The standard InChI is InChI=1S/C15H16ClFN6O4S/c1-4-26-15-19-10(17)7-11-20-14(21-23(11)15)28(24,25)22-12-9(27-8(2)3)5-6-18-13(12)16/h5-8,22H,4H2,1-3H3. The third-order valence-corrected chi connectivity index (χ3v) is 4.64. The van der Waals surface area contributed by atoms with Crippen molar-refractivity contribution in [2.24, 2.45) is 0 Å². The predicted octanol–water partition coefficient (Wildman–Crippen LogP) is 2.30. The van der Waals surface area contributed by atoms with Gasteiger partial charge in [0, 0.05) is 18.3 Å². The summed E-state index contributed by atoms with van der Waals surface area (Å²) in [7, 11) is -4.30. The topological polar surface area (TPSA) is 121 Å². The van der Waals surface area contributed by atoms with E-state index in [2.05, 4.69) is 24.8 Å². The highest BCUT2D eigenvalue weighted by molar-refractivity contribution is 7.92. The van der Waals surface area contributed by atoms with Crippen molar-refractivity contribution in [2.45, 2.75) is 32.0 Å². The van der Waals surface area contributed by atoms with Gasteiger partial charge in [-0.05, 0) is 20.8 Å². The molecule has 28 heavy (non-hydrogen) atoms. The van der Waals surface area contributed by atoms with E-state index in [1.807, 2.05) is 0 Å². The van der Waals surface area contributed by atoms with Crippen LogP contribution in [-0.2, 0) is 10.0 Å². The fourth-order valence-corrected chi connectivity index (χ4v) is 3.41. The Hall–Kier alpha value is -2.73. The molecule has 3 aromatic heterocycles. The molecule has 3 heterocycles. The Bertz CT molecular complexity index is 1120. The highest BCUT2D eigenvalue weighted by Crippen LogP contribution is 2.32. The molecule has 0 bridgehead atoms. The number of hydrogen-bond acceptors (Lipinski definition) is 8. The van der Waals surface area contributed by atoms with Gasteiger partial charge in [0.1, 0.15) is 11.4 Å². The van der Waals surface area contributed by atoms with Crippen molar-refractivity contribution in [3.8, 4) is 11.8 Å². The van der Waals surface area contributed by atoms with Crippen LogP contribution >= 0.6 is 11.6 Å². The van der Waals surface area contributed by atoms with Crippen LogP contribution < -0.4 is 14.2 Å². The molecule has 0 unspecified atom stereocenters. The average molecular weight is 431 g/mol. The zero-order chi connectivity index (χ0) is 20.5. The molecule has 0 aliphatic heterocycles. The lowest BCUT2D eigenvalue weighted by atomic mass is 10.4. The second-order valence-electron chi connectivity index (χ2n) is 5.71. The minimum absolute atomic E-state index is 0.0638. The number of aromatic nitrogens is 5. The van der Waals surface area contributed by atoms with Gasteiger partial charge in [0.15, 0.2) is 10.8 Å². The number of rotatable bonds is 7. The first-order chi connectivity index (χ1) is 13.2. The van der Waals surface area contributed by atoms with Gasteiger partial charge in [-0.1, -0.05) is 11.6 Å². The van der Waals surface area contributed by atoms with Crippen LogP contribution in [0.5, 0.6) is 11.8 Å². The van der Waals surface area contributed by atoms with E-state index in [0.717, 1.165) is 10.6 Å². The SMILES string of the molecule is CCOc1nc(F)cc2nc(S(=O)(=O)Nc3c(OC(C)C)ccnc3Cl)nn12. The highest BCUT2D eigenvalue weighted by Gasteiger charge is 2.26. The summed E-state index contributed by atoms with van der Waals surface area (Å²) in [5.74, 6) is -0.701. The summed E-state index contributed by atoms with van der Waals surface area (Å²) >= 11 is 6.03. The largest absolute Gasteiger partial charge is 0.489 e. The van der Waals surface area contributed by atoms with Gasteiger partial charge in [0.25, 0.3) is 15.2 Å². The first-order valence-corrected chi connectivity index (χ1v) is 9.97. The van der Waals surface area contributed by atoms with Crippen molar-refractivity contribution < 1.29 is 22.3 Å². The van der Waals surface area contributed by atoms with Crippen LogP contribution in [0.4, 0.5) is 10.1 Å². The molecule has 0 saturated heterocycles. The molecular formula is C15H16ClFN6O4S. The van der Waals surface area contributed by atoms with E-state index in [1.165, 1.54) is 12.3 Å². The Morgan fingerprint density at radius 3 is 2.79 bits per heavy atom.